The Balaban J connectivity index is 2.27. The van der Waals surface area contributed by atoms with E-state index in [1.807, 2.05) is 0 Å². The summed E-state index contributed by atoms with van der Waals surface area (Å²) in [5.41, 5.74) is 1.40. The highest BCUT2D eigenvalue weighted by Crippen LogP contribution is 2.20. The molecule has 0 radical (unpaired) electrons. The minimum absolute atomic E-state index is 0.263. The Morgan fingerprint density at radius 3 is 3.00 bits per heavy atom. The second-order valence-electron chi connectivity index (χ2n) is 3.57. The van der Waals surface area contributed by atoms with Gasteiger partial charge in [-0.3, -0.25) is 9.89 Å². The summed E-state index contributed by atoms with van der Waals surface area (Å²) >= 11 is 5.87. The lowest BCUT2D eigenvalue weighted by Gasteiger charge is -2.06. The van der Waals surface area contributed by atoms with Gasteiger partial charge in [0.15, 0.2) is 0 Å². The van der Waals surface area contributed by atoms with Gasteiger partial charge < -0.3 is 10.4 Å². The molecule has 0 saturated heterocycles. The number of aromatic amines is 1. The molecule has 96 valence electrons. The Morgan fingerprint density at radius 1 is 1.47 bits per heavy atom. The molecule has 1 heterocycles. The maximum absolute atomic E-state index is 11.9. The molecule has 0 spiro atoms. The van der Waals surface area contributed by atoms with Crippen molar-refractivity contribution in [3.63, 3.8) is 0 Å². The molecule has 0 aliphatic carbocycles. The monoisotopic (exact) mass is 275 g/mol. The molecule has 6 heteroatoms. The maximum atomic E-state index is 11.9. The first kappa shape index (κ1) is 13.1. The van der Waals surface area contributed by atoms with Crippen molar-refractivity contribution in [1.82, 2.24) is 10.2 Å². The first-order valence-corrected chi connectivity index (χ1v) is 5.78. The number of aromatic nitrogens is 2. The number of nitrogens with one attached hydrogen (secondary N) is 2. The molecular weight excluding hydrogens is 266 g/mol. The molecule has 19 heavy (non-hydrogen) atoms. The van der Waals surface area contributed by atoms with Gasteiger partial charge in [-0.2, -0.15) is 5.10 Å². The third kappa shape index (κ3) is 3.35. The molecule has 5 nitrogen and oxygen atoms in total. The standard InChI is InChI=1S/C13H10ClN3O2/c14-10-3-4-11(9(8-10)2-1-7-18)16-13(19)12-5-6-15-17-12/h3-6,8,18H,7H2,(H,15,17)(H,16,19). The fraction of sp³-hybridized carbons (Fsp3) is 0.0769. The molecule has 0 saturated carbocycles. The summed E-state index contributed by atoms with van der Waals surface area (Å²) in [5.74, 6) is 4.92. The van der Waals surface area contributed by atoms with E-state index in [4.69, 9.17) is 16.7 Å². The van der Waals surface area contributed by atoms with Crippen molar-refractivity contribution in [2.24, 2.45) is 0 Å². The molecule has 1 aromatic heterocycles. The molecule has 2 rings (SSSR count). The van der Waals surface area contributed by atoms with E-state index in [0.29, 0.717) is 22.0 Å². The lowest BCUT2D eigenvalue weighted by atomic mass is 10.1. The third-order valence-corrected chi connectivity index (χ3v) is 2.51. The van der Waals surface area contributed by atoms with Crippen LogP contribution in [0.15, 0.2) is 30.5 Å². The van der Waals surface area contributed by atoms with Crippen LogP contribution in [0.1, 0.15) is 16.1 Å². The number of halogens is 1. The lowest BCUT2D eigenvalue weighted by molar-refractivity contribution is 0.102. The van der Waals surface area contributed by atoms with Crippen molar-refractivity contribution < 1.29 is 9.90 Å². The molecule has 0 unspecified atom stereocenters. The Labute approximate surface area is 114 Å². The predicted octanol–water partition coefficient (Wildman–Crippen LogP) is 1.66. The molecular formula is C13H10ClN3O2. The van der Waals surface area contributed by atoms with Crippen LogP contribution in [0.25, 0.3) is 0 Å². The quantitative estimate of drug-likeness (QED) is 0.730. The highest BCUT2D eigenvalue weighted by atomic mass is 35.5. The number of hydrogen-bond acceptors (Lipinski definition) is 3. The maximum Gasteiger partial charge on any atom is 0.273 e. The summed E-state index contributed by atoms with van der Waals surface area (Å²) < 4.78 is 0. The number of rotatable bonds is 2. The van der Waals surface area contributed by atoms with E-state index in [9.17, 15) is 4.79 Å². The first-order chi connectivity index (χ1) is 9.20. The van der Waals surface area contributed by atoms with E-state index in [2.05, 4.69) is 27.4 Å². The zero-order valence-corrected chi connectivity index (χ0v) is 10.5. The van der Waals surface area contributed by atoms with Crippen LogP contribution in [0.5, 0.6) is 0 Å². The van der Waals surface area contributed by atoms with Crippen LogP contribution in [-0.4, -0.2) is 27.8 Å². The second kappa shape index (κ2) is 6.05. The van der Waals surface area contributed by atoms with Gasteiger partial charge in [-0.15, -0.1) is 0 Å². The number of nitrogens with zero attached hydrogens (tertiary/aromatic N) is 1. The Bertz CT molecular complexity index is 642. The van der Waals surface area contributed by atoms with Crippen LogP contribution >= 0.6 is 11.6 Å². The van der Waals surface area contributed by atoms with E-state index in [1.54, 1.807) is 24.3 Å². The minimum Gasteiger partial charge on any atom is -0.384 e. The van der Waals surface area contributed by atoms with Crippen molar-refractivity contribution in [3.05, 3.63) is 46.7 Å². The Kier molecular flexibility index (Phi) is 4.18. The zero-order chi connectivity index (χ0) is 13.7. The average Bonchev–Trinajstić information content (AvgIpc) is 2.93. The summed E-state index contributed by atoms with van der Waals surface area (Å²) in [5, 5.41) is 18.2. The predicted molar refractivity (Wildman–Crippen MR) is 72.0 cm³/mol. The van der Waals surface area contributed by atoms with Crippen LogP contribution in [0, 0.1) is 11.8 Å². The fourth-order valence-corrected chi connectivity index (χ4v) is 1.61. The Morgan fingerprint density at radius 2 is 2.32 bits per heavy atom. The number of aliphatic hydroxyl groups excluding tert-OH is 1. The number of carbonyl (C=O) groups excluding carboxylic acids is 1. The number of amides is 1. The van der Waals surface area contributed by atoms with Crippen molar-refractivity contribution in [3.8, 4) is 11.8 Å². The van der Waals surface area contributed by atoms with Gasteiger partial charge in [-0.1, -0.05) is 23.4 Å². The van der Waals surface area contributed by atoms with E-state index >= 15 is 0 Å². The number of hydrogen-bond donors (Lipinski definition) is 3. The molecule has 0 aliphatic rings. The largest absolute Gasteiger partial charge is 0.384 e. The highest BCUT2D eigenvalue weighted by molar-refractivity contribution is 6.30. The van der Waals surface area contributed by atoms with Gasteiger partial charge in [0.05, 0.1) is 5.69 Å². The summed E-state index contributed by atoms with van der Waals surface area (Å²) in [6.07, 6.45) is 1.49. The summed E-state index contributed by atoms with van der Waals surface area (Å²) in [4.78, 5) is 11.9. The van der Waals surface area contributed by atoms with Gasteiger partial charge in [0.1, 0.15) is 12.3 Å². The summed E-state index contributed by atoms with van der Waals surface area (Å²) in [7, 11) is 0. The fourth-order valence-electron chi connectivity index (χ4n) is 1.44. The van der Waals surface area contributed by atoms with Crippen molar-refractivity contribution in [2.45, 2.75) is 0 Å². The normalized spacial score (nSPS) is 9.58. The second-order valence-corrected chi connectivity index (χ2v) is 4.01. The topological polar surface area (TPSA) is 78.0 Å². The zero-order valence-electron chi connectivity index (χ0n) is 9.77. The van der Waals surface area contributed by atoms with E-state index in [0.717, 1.165) is 0 Å². The van der Waals surface area contributed by atoms with Crippen molar-refractivity contribution in [1.29, 1.82) is 0 Å². The molecule has 1 amide bonds. The number of benzene rings is 1. The van der Waals surface area contributed by atoms with E-state index in [1.165, 1.54) is 6.20 Å². The average molecular weight is 276 g/mol. The Hall–Kier alpha value is -2.29. The van der Waals surface area contributed by atoms with Crippen LogP contribution in [0.3, 0.4) is 0 Å². The third-order valence-electron chi connectivity index (χ3n) is 2.28. The smallest absolute Gasteiger partial charge is 0.273 e. The van der Waals surface area contributed by atoms with Gasteiger partial charge in [-0.05, 0) is 24.3 Å². The van der Waals surface area contributed by atoms with Gasteiger partial charge in [-0.25, -0.2) is 0 Å². The van der Waals surface area contributed by atoms with Crippen LogP contribution in [0.2, 0.25) is 5.02 Å². The molecule has 0 atom stereocenters. The number of carbonyl (C=O) groups is 1. The molecule has 3 N–H and O–H groups in total. The number of anilines is 1. The molecule has 0 fully saturated rings. The lowest BCUT2D eigenvalue weighted by Crippen LogP contribution is -2.13. The SMILES string of the molecule is O=C(Nc1ccc(Cl)cc1C#CCO)c1ccn[nH]1. The van der Waals surface area contributed by atoms with Crippen molar-refractivity contribution >= 4 is 23.2 Å². The van der Waals surface area contributed by atoms with Crippen LogP contribution in [-0.2, 0) is 0 Å². The first-order valence-electron chi connectivity index (χ1n) is 5.40. The molecule has 0 aliphatic heterocycles. The van der Waals surface area contributed by atoms with Crippen LogP contribution in [0.4, 0.5) is 5.69 Å². The number of aliphatic hydroxyl groups is 1. The number of H-pyrrole nitrogens is 1. The van der Waals surface area contributed by atoms with Gasteiger partial charge in [0.2, 0.25) is 0 Å². The highest BCUT2D eigenvalue weighted by Gasteiger charge is 2.09. The van der Waals surface area contributed by atoms with Gasteiger partial charge >= 0.3 is 0 Å². The van der Waals surface area contributed by atoms with Gasteiger partial charge in [0.25, 0.3) is 5.91 Å². The molecule has 2 aromatic rings. The summed E-state index contributed by atoms with van der Waals surface area (Å²) in [6, 6.07) is 6.48. The van der Waals surface area contributed by atoms with Gasteiger partial charge in [0, 0.05) is 16.8 Å². The molecule has 1 aromatic carbocycles. The molecule has 0 bridgehead atoms. The van der Waals surface area contributed by atoms with E-state index < -0.39 is 0 Å². The van der Waals surface area contributed by atoms with Crippen molar-refractivity contribution in [2.75, 3.05) is 11.9 Å². The summed E-state index contributed by atoms with van der Waals surface area (Å²) in [6.45, 7) is -0.263. The minimum atomic E-state index is -0.327. The van der Waals surface area contributed by atoms with Crippen LogP contribution < -0.4 is 5.32 Å². The van der Waals surface area contributed by atoms with E-state index in [-0.39, 0.29) is 12.5 Å².